The first-order valence-electron chi connectivity index (χ1n) is 27.9. The van der Waals surface area contributed by atoms with Gasteiger partial charge < -0.3 is 45.1 Å². The Labute approximate surface area is 425 Å². The molecule has 0 aromatic carbocycles. The Morgan fingerprint density at radius 3 is 1.60 bits per heavy atom. The van der Waals surface area contributed by atoms with Gasteiger partial charge in [-0.2, -0.15) is 0 Å². The number of unbranched alkanes of at least 4 members (excludes halogenated alkanes) is 23. The van der Waals surface area contributed by atoms with Crippen LogP contribution < -0.4 is 5.32 Å². The van der Waals surface area contributed by atoms with Gasteiger partial charge >= 0.3 is 5.97 Å². The number of ether oxygens (including phenoxy) is 3. The van der Waals surface area contributed by atoms with E-state index in [1.807, 2.05) is 60.8 Å². The molecule has 402 valence electrons. The van der Waals surface area contributed by atoms with E-state index < -0.39 is 67.4 Å². The minimum atomic E-state index is -1.63. The van der Waals surface area contributed by atoms with Gasteiger partial charge in [0.05, 0.1) is 25.4 Å². The lowest BCUT2D eigenvalue weighted by molar-refractivity contribution is -0.305. The topological polar surface area (TPSA) is 175 Å². The number of nitrogens with one attached hydrogen (secondary N) is 1. The molecule has 1 amide bonds. The van der Waals surface area contributed by atoms with Crippen LogP contribution >= 0.6 is 0 Å². The van der Waals surface area contributed by atoms with E-state index in [4.69, 9.17) is 14.2 Å². The number of amides is 1. The molecule has 8 unspecified atom stereocenters. The van der Waals surface area contributed by atoms with Gasteiger partial charge in [0.1, 0.15) is 24.4 Å². The third kappa shape index (κ3) is 35.0. The highest BCUT2D eigenvalue weighted by Crippen LogP contribution is 2.26. The van der Waals surface area contributed by atoms with Crippen LogP contribution in [0.5, 0.6) is 0 Å². The van der Waals surface area contributed by atoms with Crippen molar-refractivity contribution in [1.82, 2.24) is 5.32 Å². The number of aliphatic hydroxyl groups excluding tert-OH is 5. The van der Waals surface area contributed by atoms with Crippen molar-refractivity contribution < 1.29 is 49.3 Å². The number of allylic oxidation sites excluding steroid dienone is 13. The normalized spacial score (nSPS) is 20.4. The zero-order valence-corrected chi connectivity index (χ0v) is 44.1. The fourth-order valence-corrected chi connectivity index (χ4v) is 8.19. The highest BCUT2D eigenvalue weighted by molar-refractivity contribution is 5.80. The van der Waals surface area contributed by atoms with Crippen LogP contribution in [0.2, 0.25) is 0 Å². The molecule has 11 nitrogen and oxygen atoms in total. The minimum Gasteiger partial charge on any atom is -0.454 e. The molecule has 0 aromatic heterocycles. The van der Waals surface area contributed by atoms with Crippen LogP contribution in [-0.4, -0.2) is 99.6 Å². The Morgan fingerprint density at radius 2 is 1.04 bits per heavy atom. The second kappa shape index (κ2) is 46.9. The van der Waals surface area contributed by atoms with Crippen molar-refractivity contribution in [3.63, 3.8) is 0 Å². The van der Waals surface area contributed by atoms with Gasteiger partial charge in [-0.15, -0.1) is 0 Å². The Morgan fingerprint density at radius 1 is 0.571 bits per heavy atom. The zero-order valence-electron chi connectivity index (χ0n) is 44.1. The SMILES string of the molecule is CC/C=C/C=C/C=C\C=C/C=C/CCCCC(O)C(=O)NC(COC1OC(CO)C(O)C(O)C1OC(=O)CCCCCCCCC/C=C\CCCCCC)C(O)/C=C/CCCCCCCCCCCC. The summed E-state index contributed by atoms with van der Waals surface area (Å²) in [6.07, 6.45) is 49.1. The second-order valence-electron chi connectivity index (χ2n) is 19.1. The summed E-state index contributed by atoms with van der Waals surface area (Å²) in [5, 5.41) is 56.7. The molecule has 8 atom stereocenters. The van der Waals surface area contributed by atoms with Crippen LogP contribution in [0.15, 0.2) is 85.1 Å². The smallest absolute Gasteiger partial charge is 0.306 e. The first kappa shape index (κ1) is 64.9. The van der Waals surface area contributed by atoms with Crippen molar-refractivity contribution in [3.8, 4) is 0 Å². The summed E-state index contributed by atoms with van der Waals surface area (Å²) in [7, 11) is 0. The fourth-order valence-electron chi connectivity index (χ4n) is 8.19. The molecule has 0 radical (unpaired) electrons. The van der Waals surface area contributed by atoms with Crippen LogP contribution in [0.3, 0.4) is 0 Å². The standard InChI is InChI=1S/C59H101NO10/c1-4-7-10-13-16-19-22-25-27-29-32-35-38-41-44-47-54(64)70-57-56(66)55(65)53(48-61)69-59(57)68-49-50(51(62)45-42-39-36-33-30-24-21-18-15-12-9-6-3)60-58(67)52(63)46-43-40-37-34-31-28-26-23-20-17-14-11-8-5-2/h8,11,14,17,19-20,22-23,26,28,31,34,42,45,50-53,55-57,59,61-63,65-66H,4-7,9-10,12-13,15-16,18,21,24-25,27,29-30,32-33,35-41,43-44,46-49H2,1-3H3,(H,60,67)/b11-8+,17-14+,22-19-,23-20-,28-26-,34-31+,45-42+. The number of aliphatic hydroxyl groups is 5. The number of hydrogen-bond donors (Lipinski definition) is 6. The van der Waals surface area contributed by atoms with Gasteiger partial charge in [0.2, 0.25) is 5.91 Å². The maximum absolute atomic E-state index is 13.3. The molecular weight excluding hydrogens is 883 g/mol. The van der Waals surface area contributed by atoms with Crippen molar-refractivity contribution in [1.29, 1.82) is 0 Å². The van der Waals surface area contributed by atoms with Gasteiger partial charge in [-0.1, -0.05) is 221 Å². The average molecular weight is 984 g/mol. The number of carbonyl (C=O) groups excluding carboxylic acids is 2. The largest absolute Gasteiger partial charge is 0.454 e. The Hall–Kier alpha value is -3.16. The molecule has 1 rings (SSSR count). The zero-order chi connectivity index (χ0) is 51.1. The minimum absolute atomic E-state index is 0.109. The van der Waals surface area contributed by atoms with E-state index in [1.54, 1.807) is 6.08 Å². The van der Waals surface area contributed by atoms with Crippen LogP contribution in [0.4, 0.5) is 0 Å². The lowest BCUT2D eigenvalue weighted by Crippen LogP contribution is -2.61. The van der Waals surface area contributed by atoms with Crippen molar-refractivity contribution in [2.75, 3.05) is 13.2 Å². The summed E-state index contributed by atoms with van der Waals surface area (Å²) in [5.41, 5.74) is 0. The number of rotatable bonds is 45. The summed E-state index contributed by atoms with van der Waals surface area (Å²) in [4.78, 5) is 26.4. The van der Waals surface area contributed by atoms with E-state index in [2.05, 4.69) is 44.3 Å². The molecular formula is C59H101NO10. The van der Waals surface area contributed by atoms with E-state index in [0.717, 1.165) is 77.0 Å². The van der Waals surface area contributed by atoms with Gasteiger partial charge in [-0.3, -0.25) is 9.59 Å². The molecule has 1 heterocycles. The predicted molar refractivity (Wildman–Crippen MR) is 287 cm³/mol. The van der Waals surface area contributed by atoms with E-state index >= 15 is 0 Å². The molecule has 0 bridgehead atoms. The highest BCUT2D eigenvalue weighted by atomic mass is 16.7. The number of esters is 1. The molecule has 11 heteroatoms. The maximum atomic E-state index is 13.3. The molecule has 0 saturated carbocycles. The molecule has 1 fully saturated rings. The molecule has 1 aliphatic rings. The van der Waals surface area contributed by atoms with Crippen LogP contribution in [0, 0.1) is 0 Å². The first-order valence-corrected chi connectivity index (χ1v) is 27.9. The van der Waals surface area contributed by atoms with Gasteiger partial charge in [0.15, 0.2) is 12.4 Å². The monoisotopic (exact) mass is 984 g/mol. The Kier molecular flexibility index (Phi) is 43.4. The van der Waals surface area contributed by atoms with Gasteiger partial charge in [0, 0.05) is 6.42 Å². The first-order chi connectivity index (χ1) is 34.2. The van der Waals surface area contributed by atoms with Crippen LogP contribution in [-0.2, 0) is 23.8 Å². The van der Waals surface area contributed by atoms with Crippen molar-refractivity contribution in [3.05, 3.63) is 85.1 Å². The third-order valence-electron chi connectivity index (χ3n) is 12.7. The quantitative estimate of drug-likeness (QED) is 0.0149. The molecule has 1 saturated heterocycles. The Balaban J connectivity index is 2.79. The second-order valence-corrected chi connectivity index (χ2v) is 19.1. The van der Waals surface area contributed by atoms with E-state index in [9.17, 15) is 35.1 Å². The van der Waals surface area contributed by atoms with Gasteiger partial charge in [0.25, 0.3) is 0 Å². The van der Waals surface area contributed by atoms with Crippen molar-refractivity contribution >= 4 is 11.9 Å². The van der Waals surface area contributed by atoms with Crippen LogP contribution in [0.1, 0.15) is 213 Å². The number of carbonyl (C=O) groups is 2. The lowest BCUT2D eigenvalue weighted by atomic mass is 9.99. The Bertz CT molecular complexity index is 1460. The van der Waals surface area contributed by atoms with Crippen molar-refractivity contribution in [2.45, 2.75) is 262 Å². The van der Waals surface area contributed by atoms with Crippen LogP contribution in [0.25, 0.3) is 0 Å². The number of hydrogen-bond acceptors (Lipinski definition) is 10. The highest BCUT2D eigenvalue weighted by Gasteiger charge is 2.47. The molecule has 0 aliphatic carbocycles. The molecule has 6 N–H and O–H groups in total. The third-order valence-corrected chi connectivity index (χ3v) is 12.7. The summed E-state index contributed by atoms with van der Waals surface area (Å²) in [6.45, 7) is 5.57. The predicted octanol–water partition coefficient (Wildman–Crippen LogP) is 12.2. The van der Waals surface area contributed by atoms with E-state index in [-0.39, 0.29) is 19.4 Å². The van der Waals surface area contributed by atoms with Crippen molar-refractivity contribution in [2.24, 2.45) is 0 Å². The fraction of sp³-hybridized carbons (Fsp3) is 0.729. The molecule has 1 aliphatic heterocycles. The molecule has 0 spiro atoms. The summed E-state index contributed by atoms with van der Waals surface area (Å²) < 4.78 is 17.5. The van der Waals surface area contributed by atoms with Gasteiger partial charge in [-0.05, 0) is 70.6 Å². The summed E-state index contributed by atoms with van der Waals surface area (Å²) in [6, 6.07) is -1.05. The summed E-state index contributed by atoms with van der Waals surface area (Å²) >= 11 is 0. The van der Waals surface area contributed by atoms with E-state index in [1.165, 1.54) is 89.9 Å². The summed E-state index contributed by atoms with van der Waals surface area (Å²) in [5.74, 6) is -1.25. The molecule has 70 heavy (non-hydrogen) atoms. The average Bonchev–Trinajstić information content (AvgIpc) is 3.36. The molecule has 0 aromatic rings. The maximum Gasteiger partial charge on any atom is 0.306 e. The van der Waals surface area contributed by atoms with E-state index in [0.29, 0.717) is 12.8 Å². The lowest BCUT2D eigenvalue weighted by Gasteiger charge is -2.41. The van der Waals surface area contributed by atoms with Gasteiger partial charge in [-0.25, -0.2) is 0 Å².